The number of rotatable bonds is 6. The van der Waals surface area contributed by atoms with Gasteiger partial charge in [-0.15, -0.1) is 24.8 Å². The molecule has 7 nitrogen and oxygen atoms in total. The number of piperazine rings is 1. The van der Waals surface area contributed by atoms with Crippen molar-refractivity contribution in [3.63, 3.8) is 0 Å². The predicted octanol–water partition coefficient (Wildman–Crippen LogP) is 0.787. The van der Waals surface area contributed by atoms with E-state index in [1.165, 1.54) is 0 Å². The van der Waals surface area contributed by atoms with Crippen molar-refractivity contribution in [2.45, 2.75) is 6.42 Å². The highest BCUT2D eigenvalue weighted by Crippen LogP contribution is 2.18. The summed E-state index contributed by atoms with van der Waals surface area (Å²) >= 11 is 0. The lowest BCUT2D eigenvalue weighted by molar-refractivity contribution is 0.0949. The lowest BCUT2D eigenvalue weighted by atomic mass is 10.2. The number of hydrogen-bond donors (Lipinski definition) is 2. The number of nitrogens with zero attached hydrogens (tertiary/aromatic N) is 3. The van der Waals surface area contributed by atoms with Gasteiger partial charge < -0.3 is 25.2 Å². The topological polar surface area (TPSA) is 69.7 Å². The van der Waals surface area contributed by atoms with E-state index in [0.717, 1.165) is 58.1 Å². The van der Waals surface area contributed by atoms with Crippen molar-refractivity contribution in [3.8, 4) is 0 Å². The van der Waals surface area contributed by atoms with Gasteiger partial charge in [-0.05, 0) is 25.1 Å². The first kappa shape index (κ1) is 22.9. The molecular weight excluding hydrogens is 377 g/mol. The van der Waals surface area contributed by atoms with Crippen LogP contribution >= 0.6 is 24.8 Å². The molecule has 0 radical (unpaired) electrons. The molecule has 26 heavy (non-hydrogen) atoms. The van der Waals surface area contributed by atoms with E-state index < -0.39 is 0 Å². The molecular formula is C17H29Cl2N5O2. The first-order valence-electron chi connectivity index (χ1n) is 8.83. The third-order valence-electron chi connectivity index (χ3n) is 4.49. The second-order valence-corrected chi connectivity index (χ2v) is 6.18. The van der Waals surface area contributed by atoms with Crippen molar-refractivity contribution in [1.82, 2.24) is 20.5 Å². The third-order valence-corrected chi connectivity index (χ3v) is 4.49. The lowest BCUT2D eigenvalue weighted by Gasteiger charge is -2.29. The first-order chi connectivity index (χ1) is 11.8. The van der Waals surface area contributed by atoms with Crippen molar-refractivity contribution in [1.29, 1.82) is 0 Å². The zero-order valence-corrected chi connectivity index (χ0v) is 16.6. The summed E-state index contributed by atoms with van der Waals surface area (Å²) in [7, 11) is 0. The maximum absolute atomic E-state index is 12.5. The minimum absolute atomic E-state index is 0. The van der Waals surface area contributed by atoms with Gasteiger partial charge in [-0.1, -0.05) is 0 Å². The van der Waals surface area contributed by atoms with Gasteiger partial charge in [-0.2, -0.15) is 0 Å². The summed E-state index contributed by atoms with van der Waals surface area (Å²) in [5.74, 6) is 0.727. The van der Waals surface area contributed by atoms with Crippen molar-refractivity contribution in [2.24, 2.45) is 0 Å². The number of carbonyl (C=O) groups excluding carboxylic acids is 1. The minimum atomic E-state index is -0.0371. The Labute approximate surface area is 167 Å². The summed E-state index contributed by atoms with van der Waals surface area (Å²) in [5.41, 5.74) is 0.654. The summed E-state index contributed by atoms with van der Waals surface area (Å²) in [6.07, 6.45) is 2.71. The fourth-order valence-electron chi connectivity index (χ4n) is 3.14. The first-order valence-corrected chi connectivity index (χ1v) is 8.83. The van der Waals surface area contributed by atoms with Crippen LogP contribution in [0.15, 0.2) is 18.3 Å². The highest BCUT2D eigenvalue weighted by atomic mass is 35.5. The molecule has 9 heteroatoms. The van der Waals surface area contributed by atoms with Crippen molar-refractivity contribution in [2.75, 3.05) is 70.5 Å². The van der Waals surface area contributed by atoms with Gasteiger partial charge >= 0.3 is 0 Å². The molecule has 0 unspecified atom stereocenters. The molecule has 0 saturated carbocycles. The normalized spacial score (nSPS) is 17.8. The second kappa shape index (κ2) is 12.3. The van der Waals surface area contributed by atoms with Crippen molar-refractivity contribution < 1.29 is 9.53 Å². The van der Waals surface area contributed by atoms with Crippen molar-refractivity contribution >= 4 is 36.5 Å². The molecule has 2 fully saturated rings. The molecule has 2 saturated heterocycles. The Balaban J connectivity index is 0.00000169. The van der Waals surface area contributed by atoms with E-state index >= 15 is 0 Å². The van der Waals surface area contributed by atoms with Gasteiger partial charge in [0.2, 0.25) is 0 Å². The molecule has 0 aliphatic carbocycles. The summed E-state index contributed by atoms with van der Waals surface area (Å²) < 4.78 is 5.38. The molecule has 0 aromatic carbocycles. The SMILES string of the molecule is Cl.Cl.O=C(NCCCN1CCNCC1)c1cccnc1N1CCOCC1. The average molecular weight is 406 g/mol. The number of carbonyl (C=O) groups is 1. The fraction of sp³-hybridized carbons (Fsp3) is 0.647. The van der Waals surface area contributed by atoms with E-state index in [4.69, 9.17) is 4.74 Å². The summed E-state index contributed by atoms with van der Waals surface area (Å²) in [4.78, 5) is 21.5. The van der Waals surface area contributed by atoms with Gasteiger partial charge in [-0.3, -0.25) is 4.79 Å². The molecule has 3 heterocycles. The number of aromatic nitrogens is 1. The Bertz CT molecular complexity index is 538. The highest BCUT2D eigenvalue weighted by Gasteiger charge is 2.19. The molecule has 148 valence electrons. The summed E-state index contributed by atoms with van der Waals surface area (Å²) in [5, 5.41) is 6.39. The van der Waals surface area contributed by atoms with Crippen LogP contribution in [0, 0.1) is 0 Å². The molecule has 0 spiro atoms. The molecule has 1 aromatic rings. The number of anilines is 1. The van der Waals surface area contributed by atoms with Crippen LogP contribution in [0.2, 0.25) is 0 Å². The number of ether oxygens (including phenoxy) is 1. The number of nitrogens with one attached hydrogen (secondary N) is 2. The van der Waals surface area contributed by atoms with Gasteiger partial charge in [0.25, 0.3) is 5.91 Å². The highest BCUT2D eigenvalue weighted by molar-refractivity contribution is 5.98. The second-order valence-electron chi connectivity index (χ2n) is 6.18. The van der Waals surface area contributed by atoms with Gasteiger partial charge in [0, 0.05) is 52.0 Å². The number of hydrogen-bond acceptors (Lipinski definition) is 6. The van der Waals surface area contributed by atoms with Gasteiger partial charge in [-0.25, -0.2) is 4.98 Å². The van der Waals surface area contributed by atoms with Crippen LogP contribution in [0.25, 0.3) is 0 Å². The van der Waals surface area contributed by atoms with Crippen LogP contribution in [0.1, 0.15) is 16.8 Å². The molecule has 2 aliphatic heterocycles. The zero-order chi connectivity index (χ0) is 16.6. The average Bonchev–Trinajstić information content (AvgIpc) is 2.66. The largest absolute Gasteiger partial charge is 0.378 e. The van der Waals surface area contributed by atoms with Crippen LogP contribution in [0.3, 0.4) is 0 Å². The van der Waals surface area contributed by atoms with E-state index in [-0.39, 0.29) is 30.7 Å². The zero-order valence-electron chi connectivity index (χ0n) is 15.0. The van der Waals surface area contributed by atoms with Crippen molar-refractivity contribution in [3.05, 3.63) is 23.9 Å². The standard InChI is InChI=1S/C17H27N5O2.2ClH/c23-17(20-5-2-8-21-9-6-18-7-10-21)15-3-1-4-19-16(15)22-11-13-24-14-12-22;;/h1,3-4,18H,2,5-14H2,(H,20,23);2*1H. The Morgan fingerprint density at radius 3 is 2.65 bits per heavy atom. The van der Waals surface area contributed by atoms with Crippen LogP contribution in [-0.4, -0.2) is 81.4 Å². The molecule has 1 aromatic heterocycles. The summed E-state index contributed by atoms with van der Waals surface area (Å²) in [6.45, 7) is 8.96. The third kappa shape index (κ3) is 6.55. The van der Waals surface area contributed by atoms with E-state index in [2.05, 4.69) is 25.4 Å². The van der Waals surface area contributed by atoms with E-state index in [1.54, 1.807) is 6.20 Å². The van der Waals surface area contributed by atoms with Crippen LogP contribution in [0.5, 0.6) is 0 Å². The Hall–Kier alpha value is -1.12. The quantitative estimate of drug-likeness (QED) is 0.681. The monoisotopic (exact) mass is 405 g/mol. The molecule has 2 N–H and O–H groups in total. The van der Waals surface area contributed by atoms with E-state index in [0.29, 0.717) is 25.3 Å². The molecule has 0 bridgehead atoms. The van der Waals surface area contributed by atoms with Gasteiger partial charge in [0.15, 0.2) is 0 Å². The molecule has 3 rings (SSSR count). The van der Waals surface area contributed by atoms with Crippen LogP contribution in [0.4, 0.5) is 5.82 Å². The number of halogens is 2. The number of pyridine rings is 1. The molecule has 0 atom stereocenters. The Morgan fingerprint density at radius 2 is 1.92 bits per heavy atom. The van der Waals surface area contributed by atoms with Crippen LogP contribution in [-0.2, 0) is 4.74 Å². The lowest BCUT2D eigenvalue weighted by Crippen LogP contribution is -2.44. The number of amides is 1. The minimum Gasteiger partial charge on any atom is -0.378 e. The van der Waals surface area contributed by atoms with E-state index in [1.807, 2.05) is 12.1 Å². The smallest absolute Gasteiger partial charge is 0.255 e. The summed E-state index contributed by atoms with van der Waals surface area (Å²) in [6, 6.07) is 3.67. The maximum Gasteiger partial charge on any atom is 0.255 e. The Kier molecular flexibility index (Phi) is 10.8. The Morgan fingerprint density at radius 1 is 1.19 bits per heavy atom. The van der Waals surface area contributed by atoms with E-state index in [9.17, 15) is 4.79 Å². The predicted molar refractivity (Wildman–Crippen MR) is 108 cm³/mol. The van der Waals surface area contributed by atoms with Crippen LogP contribution < -0.4 is 15.5 Å². The molecule has 2 aliphatic rings. The fourth-order valence-corrected chi connectivity index (χ4v) is 3.14. The number of morpholine rings is 1. The maximum atomic E-state index is 12.5. The molecule has 1 amide bonds. The van der Waals surface area contributed by atoms with Gasteiger partial charge in [0.1, 0.15) is 5.82 Å². The van der Waals surface area contributed by atoms with Gasteiger partial charge in [0.05, 0.1) is 18.8 Å².